The van der Waals surface area contributed by atoms with Gasteiger partial charge in [0.2, 0.25) is 20.0 Å². The fourth-order valence-electron chi connectivity index (χ4n) is 4.93. The summed E-state index contributed by atoms with van der Waals surface area (Å²) in [5, 5.41) is 0.463. The Balaban J connectivity index is 0.00000181. The summed E-state index contributed by atoms with van der Waals surface area (Å²) in [6.07, 6.45) is 2.61. The first kappa shape index (κ1) is 29.8. The highest BCUT2D eigenvalue weighted by Crippen LogP contribution is 2.33. The molecule has 2 aromatic carbocycles. The molecule has 10 nitrogen and oxygen atoms in total. The summed E-state index contributed by atoms with van der Waals surface area (Å²) in [5.41, 5.74) is 1.29. The van der Waals surface area contributed by atoms with Crippen LogP contribution in [-0.4, -0.2) is 99.9 Å². The number of anilines is 1. The molecule has 2 saturated heterocycles. The first-order valence-corrected chi connectivity index (χ1v) is 16.5. The van der Waals surface area contributed by atoms with Crippen molar-refractivity contribution in [3.63, 3.8) is 0 Å². The van der Waals surface area contributed by atoms with Gasteiger partial charge in [0.05, 0.1) is 27.9 Å². The number of carbonyl (C=O) groups is 1. The molecule has 0 N–H and O–H groups in total. The molecule has 3 heterocycles. The summed E-state index contributed by atoms with van der Waals surface area (Å²) < 4.78 is 67.1. The monoisotopic (exact) mass is 591 g/mol. The van der Waals surface area contributed by atoms with E-state index in [4.69, 9.17) is 0 Å². The largest absolute Gasteiger partial charge is 0.368 e. The summed E-state index contributed by atoms with van der Waals surface area (Å²) in [6, 6.07) is 12.4. The Morgan fingerprint density at radius 3 is 2.02 bits per heavy atom. The molecular formula is C27H34FN5O5S2. The Hall–Kier alpha value is -3.13. The maximum absolute atomic E-state index is 14.3. The van der Waals surface area contributed by atoms with Gasteiger partial charge in [0, 0.05) is 63.9 Å². The molecule has 216 valence electrons. The van der Waals surface area contributed by atoms with Crippen LogP contribution in [0.25, 0.3) is 10.9 Å². The number of fused-ring (bicyclic) bond motifs is 1. The fourth-order valence-corrected chi connectivity index (χ4v) is 7.20. The van der Waals surface area contributed by atoms with Crippen molar-refractivity contribution in [3.8, 4) is 0 Å². The molecule has 13 heteroatoms. The predicted molar refractivity (Wildman–Crippen MR) is 153 cm³/mol. The summed E-state index contributed by atoms with van der Waals surface area (Å²) in [4.78, 5) is 21.7. The van der Waals surface area contributed by atoms with Crippen molar-refractivity contribution in [2.24, 2.45) is 0 Å². The van der Waals surface area contributed by atoms with E-state index < -0.39 is 25.9 Å². The molecule has 0 bridgehead atoms. The number of pyridine rings is 1. The van der Waals surface area contributed by atoms with Crippen molar-refractivity contribution in [2.45, 2.75) is 18.7 Å². The lowest BCUT2D eigenvalue weighted by atomic mass is 10.1. The molecule has 0 saturated carbocycles. The third-order valence-corrected chi connectivity index (χ3v) is 10.2. The van der Waals surface area contributed by atoms with Crippen LogP contribution in [0, 0.1) is 5.82 Å². The van der Waals surface area contributed by atoms with E-state index in [1.165, 1.54) is 26.9 Å². The summed E-state index contributed by atoms with van der Waals surface area (Å²) in [5.74, 6) is -0.802. The van der Waals surface area contributed by atoms with Crippen LogP contribution in [0.15, 0.2) is 59.6 Å². The number of piperazine rings is 2. The van der Waals surface area contributed by atoms with Gasteiger partial charge in [-0.15, -0.1) is 0 Å². The van der Waals surface area contributed by atoms with Crippen LogP contribution in [0.5, 0.6) is 0 Å². The van der Waals surface area contributed by atoms with Crippen LogP contribution in [-0.2, 0) is 20.0 Å². The van der Waals surface area contributed by atoms with E-state index in [1.54, 1.807) is 41.3 Å². The van der Waals surface area contributed by atoms with Crippen LogP contribution in [0.1, 0.15) is 24.2 Å². The first-order chi connectivity index (χ1) is 19.1. The molecule has 2 aliphatic rings. The Kier molecular flexibility index (Phi) is 9.08. The second-order valence-electron chi connectivity index (χ2n) is 9.34. The highest BCUT2D eigenvalue weighted by Gasteiger charge is 2.33. The van der Waals surface area contributed by atoms with E-state index in [-0.39, 0.29) is 55.6 Å². The van der Waals surface area contributed by atoms with Crippen LogP contribution < -0.4 is 4.90 Å². The van der Waals surface area contributed by atoms with Crippen molar-refractivity contribution in [1.29, 1.82) is 0 Å². The summed E-state index contributed by atoms with van der Waals surface area (Å²) in [6.45, 7) is 5.78. The van der Waals surface area contributed by atoms with E-state index in [2.05, 4.69) is 4.98 Å². The Morgan fingerprint density at radius 1 is 0.825 bits per heavy atom. The summed E-state index contributed by atoms with van der Waals surface area (Å²) >= 11 is 0. The molecule has 3 aromatic rings. The number of halogens is 1. The fraction of sp³-hybridized carbons (Fsp3) is 0.407. The molecular weight excluding hydrogens is 557 g/mol. The standard InChI is InChI=1S/C25H28FN5O5S2.C2H6/c1-37(33,34)30-13-11-29(12-14-30)25(32)22-18-27-23-8-7-19(26)17-21(23)24(22)28-9-15-31(16-10-28)38(35,36)20-5-3-2-4-6-20;1-2/h2-8,17-18H,9-16H2,1H3;1-2H3. The first-order valence-electron chi connectivity index (χ1n) is 13.2. The van der Waals surface area contributed by atoms with Gasteiger partial charge >= 0.3 is 0 Å². The van der Waals surface area contributed by atoms with Gasteiger partial charge in [-0.25, -0.2) is 21.2 Å². The van der Waals surface area contributed by atoms with Gasteiger partial charge in [-0.3, -0.25) is 9.78 Å². The number of nitrogens with zero attached hydrogens (tertiary/aromatic N) is 5. The Bertz CT molecular complexity index is 1570. The number of aromatic nitrogens is 1. The maximum Gasteiger partial charge on any atom is 0.257 e. The minimum Gasteiger partial charge on any atom is -0.368 e. The van der Waals surface area contributed by atoms with Gasteiger partial charge in [0.1, 0.15) is 5.82 Å². The minimum absolute atomic E-state index is 0.186. The van der Waals surface area contributed by atoms with Crippen LogP contribution in [0.2, 0.25) is 0 Å². The van der Waals surface area contributed by atoms with E-state index in [9.17, 15) is 26.0 Å². The third-order valence-electron chi connectivity index (χ3n) is 6.96. The van der Waals surface area contributed by atoms with E-state index >= 15 is 0 Å². The van der Waals surface area contributed by atoms with E-state index in [0.29, 0.717) is 29.7 Å². The van der Waals surface area contributed by atoms with E-state index in [0.717, 1.165) is 6.26 Å². The van der Waals surface area contributed by atoms with Crippen molar-refractivity contribution in [1.82, 2.24) is 18.5 Å². The lowest BCUT2D eigenvalue weighted by molar-refractivity contribution is 0.0698. The van der Waals surface area contributed by atoms with Crippen molar-refractivity contribution < 1.29 is 26.0 Å². The minimum atomic E-state index is -3.67. The Labute approximate surface area is 235 Å². The highest BCUT2D eigenvalue weighted by atomic mass is 32.2. The van der Waals surface area contributed by atoms with E-state index in [1.807, 2.05) is 18.7 Å². The Morgan fingerprint density at radius 2 is 1.43 bits per heavy atom. The molecule has 40 heavy (non-hydrogen) atoms. The molecule has 2 fully saturated rings. The molecule has 2 aliphatic heterocycles. The average Bonchev–Trinajstić information content (AvgIpc) is 2.97. The normalized spacial score (nSPS) is 17.4. The third kappa shape index (κ3) is 6.12. The SMILES string of the molecule is CC.CS(=O)(=O)N1CCN(C(=O)c2cnc3ccc(F)cc3c2N2CCN(S(=O)(=O)c3ccccc3)CC2)CC1. The molecule has 0 atom stereocenters. The van der Waals surface area contributed by atoms with Gasteiger partial charge in [0.25, 0.3) is 5.91 Å². The lowest BCUT2D eigenvalue weighted by Gasteiger charge is -2.38. The average molecular weight is 592 g/mol. The molecule has 0 unspecified atom stereocenters. The van der Waals surface area contributed by atoms with Crippen molar-refractivity contribution >= 4 is 42.5 Å². The number of rotatable bonds is 5. The highest BCUT2D eigenvalue weighted by molar-refractivity contribution is 7.89. The molecule has 0 radical (unpaired) electrons. The summed E-state index contributed by atoms with van der Waals surface area (Å²) in [7, 11) is -7.03. The quantitative estimate of drug-likeness (QED) is 0.449. The number of benzene rings is 2. The van der Waals surface area contributed by atoms with Gasteiger partial charge < -0.3 is 9.80 Å². The zero-order valence-electron chi connectivity index (χ0n) is 22.8. The van der Waals surface area contributed by atoms with Crippen LogP contribution in [0.4, 0.5) is 10.1 Å². The number of carbonyl (C=O) groups excluding carboxylic acids is 1. The van der Waals surface area contributed by atoms with Crippen LogP contribution >= 0.6 is 0 Å². The number of sulfonamides is 2. The maximum atomic E-state index is 14.3. The van der Waals surface area contributed by atoms with Gasteiger partial charge in [-0.1, -0.05) is 32.0 Å². The molecule has 1 aromatic heterocycles. The zero-order chi connectivity index (χ0) is 29.1. The number of amides is 1. The van der Waals surface area contributed by atoms with Crippen LogP contribution in [0.3, 0.4) is 0 Å². The zero-order valence-corrected chi connectivity index (χ0v) is 24.5. The molecule has 0 aliphatic carbocycles. The number of hydrogen-bond donors (Lipinski definition) is 0. The smallest absolute Gasteiger partial charge is 0.257 e. The van der Waals surface area contributed by atoms with Crippen molar-refractivity contribution in [2.75, 3.05) is 63.5 Å². The van der Waals surface area contributed by atoms with Crippen molar-refractivity contribution in [3.05, 3.63) is 66.1 Å². The van der Waals surface area contributed by atoms with Gasteiger partial charge in [-0.05, 0) is 30.3 Å². The topological polar surface area (TPSA) is 111 Å². The molecule has 1 amide bonds. The second-order valence-corrected chi connectivity index (χ2v) is 13.3. The lowest BCUT2D eigenvalue weighted by Crippen LogP contribution is -2.51. The molecule has 0 spiro atoms. The predicted octanol–water partition coefficient (Wildman–Crippen LogP) is 2.63. The molecule has 5 rings (SSSR count). The van der Waals surface area contributed by atoms with Gasteiger partial charge in [0.15, 0.2) is 0 Å². The number of hydrogen-bond acceptors (Lipinski definition) is 7. The second kappa shape index (κ2) is 12.2. The van der Waals surface area contributed by atoms with Gasteiger partial charge in [-0.2, -0.15) is 8.61 Å².